The molecule has 3 aromatic carbocycles. The Morgan fingerprint density at radius 2 is 1.82 bits per heavy atom. The molecule has 5 rings (SSSR count). The van der Waals surface area contributed by atoms with E-state index in [9.17, 15) is 9.59 Å². The number of methoxy groups -OCH3 is 2. The summed E-state index contributed by atoms with van der Waals surface area (Å²) in [5, 5.41) is 3.22. The normalized spacial score (nSPS) is 13.3. The summed E-state index contributed by atoms with van der Waals surface area (Å²) in [6.45, 7) is 2.88. The molecule has 2 N–H and O–H groups in total. The molecule has 10 nitrogen and oxygen atoms in total. The first-order valence-corrected chi connectivity index (χ1v) is 12.2. The molecule has 0 spiro atoms. The fourth-order valence-electron chi connectivity index (χ4n) is 4.28. The van der Waals surface area contributed by atoms with Crippen LogP contribution in [0.4, 0.5) is 11.4 Å². The molecule has 38 heavy (non-hydrogen) atoms. The summed E-state index contributed by atoms with van der Waals surface area (Å²) in [4.78, 5) is 34.9. The van der Waals surface area contributed by atoms with Crippen molar-refractivity contribution in [3.05, 3.63) is 71.0 Å². The molecule has 1 aliphatic heterocycles. The lowest BCUT2D eigenvalue weighted by Gasteiger charge is -2.29. The molecule has 0 atom stereocenters. The monoisotopic (exact) mass is 516 g/mol. The molecule has 0 unspecified atom stereocenters. The lowest BCUT2D eigenvalue weighted by atomic mass is 10.1. The Bertz CT molecular complexity index is 1500. The van der Waals surface area contributed by atoms with Crippen LogP contribution in [0.2, 0.25) is 0 Å². The number of fused-ring (bicyclic) bond motifs is 1. The van der Waals surface area contributed by atoms with Crippen LogP contribution in [0.25, 0.3) is 22.3 Å². The van der Waals surface area contributed by atoms with Gasteiger partial charge in [0.2, 0.25) is 0 Å². The molecule has 1 amide bonds. The smallest absolute Gasteiger partial charge is 0.262 e. The number of hydrogen-bond donors (Lipinski definition) is 2. The Balaban J connectivity index is 1.24. The molecule has 1 saturated heterocycles. The van der Waals surface area contributed by atoms with Crippen molar-refractivity contribution >= 4 is 28.2 Å². The predicted molar refractivity (Wildman–Crippen MR) is 145 cm³/mol. The van der Waals surface area contributed by atoms with E-state index in [2.05, 4.69) is 20.2 Å². The van der Waals surface area contributed by atoms with Crippen LogP contribution in [0.1, 0.15) is 0 Å². The van der Waals surface area contributed by atoms with Crippen LogP contribution in [0.3, 0.4) is 0 Å². The van der Waals surface area contributed by atoms with E-state index in [1.54, 1.807) is 36.4 Å². The quantitative estimate of drug-likeness (QED) is 0.366. The number of amides is 1. The van der Waals surface area contributed by atoms with Crippen molar-refractivity contribution in [2.24, 2.45) is 0 Å². The second-order valence-electron chi connectivity index (χ2n) is 8.65. The highest BCUT2D eigenvalue weighted by Crippen LogP contribution is 2.29. The van der Waals surface area contributed by atoms with Gasteiger partial charge in [0.1, 0.15) is 28.5 Å². The van der Waals surface area contributed by atoms with Gasteiger partial charge >= 0.3 is 0 Å². The second-order valence-corrected chi connectivity index (χ2v) is 8.65. The molecule has 0 aliphatic carbocycles. The summed E-state index contributed by atoms with van der Waals surface area (Å²) < 4.78 is 21.7. The largest absolute Gasteiger partial charge is 0.497 e. The molecule has 4 aromatic rings. The Morgan fingerprint density at radius 3 is 2.55 bits per heavy atom. The fraction of sp³-hybridized carbons (Fsp3) is 0.250. The standard InChI is InChI=1S/C28H28N4O6/c1-35-22-15-23-26(24(16-22)36-2)28(34)31-27(30-23)18-6-8-21(9-7-18)38-17-25(33)29-19-4-3-5-20(14-19)32-10-12-37-13-11-32/h3-9,14-16H,10-13,17H2,1-2H3,(H,29,33)(H,30,31,34). The van der Waals surface area contributed by atoms with E-state index in [4.69, 9.17) is 18.9 Å². The van der Waals surface area contributed by atoms with Crippen molar-refractivity contribution in [1.29, 1.82) is 0 Å². The van der Waals surface area contributed by atoms with E-state index in [1.807, 2.05) is 24.3 Å². The topological polar surface area (TPSA) is 115 Å². The molecule has 0 bridgehead atoms. The third-order valence-corrected chi connectivity index (χ3v) is 6.21. The van der Waals surface area contributed by atoms with Crippen molar-refractivity contribution in [2.75, 3.05) is 57.3 Å². The van der Waals surface area contributed by atoms with Crippen LogP contribution in [0.15, 0.2) is 65.5 Å². The SMILES string of the molecule is COc1cc(OC)c2c(=O)[nH]c(-c3ccc(OCC(=O)Nc4cccc(N5CCOCC5)c4)cc3)nc2c1. The van der Waals surface area contributed by atoms with Gasteiger partial charge < -0.3 is 34.1 Å². The van der Waals surface area contributed by atoms with Crippen molar-refractivity contribution in [3.63, 3.8) is 0 Å². The Kier molecular flexibility index (Phi) is 7.41. The minimum atomic E-state index is -0.320. The lowest BCUT2D eigenvalue weighted by Crippen LogP contribution is -2.36. The van der Waals surface area contributed by atoms with Gasteiger partial charge in [-0.2, -0.15) is 0 Å². The highest BCUT2D eigenvalue weighted by atomic mass is 16.5. The molecule has 10 heteroatoms. The van der Waals surface area contributed by atoms with Crippen LogP contribution in [-0.2, 0) is 9.53 Å². The molecular formula is C28H28N4O6. The number of nitrogens with zero attached hydrogens (tertiary/aromatic N) is 2. The number of carbonyl (C=O) groups excluding carboxylic acids is 1. The van der Waals surface area contributed by atoms with E-state index in [1.165, 1.54) is 14.2 Å². The van der Waals surface area contributed by atoms with E-state index in [-0.39, 0.29) is 18.1 Å². The first-order valence-electron chi connectivity index (χ1n) is 12.2. The van der Waals surface area contributed by atoms with E-state index >= 15 is 0 Å². The van der Waals surface area contributed by atoms with Crippen LogP contribution in [0, 0.1) is 0 Å². The summed E-state index contributed by atoms with van der Waals surface area (Å²) in [6.07, 6.45) is 0. The third-order valence-electron chi connectivity index (χ3n) is 6.21. The van der Waals surface area contributed by atoms with Crippen LogP contribution in [-0.4, -0.2) is 63.0 Å². The number of hydrogen-bond acceptors (Lipinski definition) is 8. The number of aromatic amines is 1. The van der Waals surface area contributed by atoms with Gasteiger partial charge in [-0.05, 0) is 42.5 Å². The second kappa shape index (κ2) is 11.2. The Hall–Kier alpha value is -4.57. The van der Waals surface area contributed by atoms with Gasteiger partial charge in [-0.3, -0.25) is 9.59 Å². The van der Waals surface area contributed by atoms with E-state index in [0.29, 0.717) is 58.4 Å². The number of H-pyrrole nitrogens is 1. The molecule has 196 valence electrons. The molecule has 1 aliphatic rings. The summed E-state index contributed by atoms with van der Waals surface area (Å²) in [6, 6.07) is 18.0. The Labute approximate surface area is 219 Å². The van der Waals surface area contributed by atoms with Gasteiger partial charge in [-0.25, -0.2) is 4.98 Å². The van der Waals surface area contributed by atoms with Crippen molar-refractivity contribution < 1.29 is 23.7 Å². The zero-order chi connectivity index (χ0) is 26.5. The average molecular weight is 517 g/mol. The number of morpholine rings is 1. The first-order chi connectivity index (χ1) is 18.5. The number of nitrogens with one attached hydrogen (secondary N) is 2. The van der Waals surface area contributed by atoms with Gasteiger partial charge in [-0.15, -0.1) is 0 Å². The molecule has 1 fully saturated rings. The number of carbonyl (C=O) groups is 1. The fourth-order valence-corrected chi connectivity index (χ4v) is 4.28. The maximum atomic E-state index is 12.8. The maximum Gasteiger partial charge on any atom is 0.262 e. The number of rotatable bonds is 8. The number of aromatic nitrogens is 2. The molecular weight excluding hydrogens is 488 g/mol. The van der Waals surface area contributed by atoms with Crippen molar-refractivity contribution in [1.82, 2.24) is 9.97 Å². The molecule has 2 heterocycles. The molecule has 0 radical (unpaired) electrons. The predicted octanol–water partition coefficient (Wildman–Crippen LogP) is 3.46. The van der Waals surface area contributed by atoms with Crippen molar-refractivity contribution in [3.8, 4) is 28.6 Å². The Morgan fingerprint density at radius 1 is 1.03 bits per heavy atom. The lowest BCUT2D eigenvalue weighted by molar-refractivity contribution is -0.118. The van der Waals surface area contributed by atoms with E-state index < -0.39 is 0 Å². The van der Waals surface area contributed by atoms with Crippen LogP contribution < -0.4 is 30.0 Å². The highest BCUT2D eigenvalue weighted by molar-refractivity contribution is 5.92. The van der Waals surface area contributed by atoms with Gasteiger partial charge in [0.25, 0.3) is 11.5 Å². The van der Waals surface area contributed by atoms with Gasteiger partial charge in [0.05, 0.1) is 33.0 Å². The van der Waals surface area contributed by atoms with E-state index in [0.717, 1.165) is 18.8 Å². The number of benzene rings is 3. The molecule has 0 saturated carbocycles. The summed E-state index contributed by atoms with van der Waals surface area (Å²) in [5.41, 5.74) is 2.56. The number of anilines is 2. The number of ether oxygens (including phenoxy) is 4. The van der Waals surface area contributed by atoms with Crippen LogP contribution >= 0.6 is 0 Å². The first kappa shape index (κ1) is 25.1. The van der Waals surface area contributed by atoms with Gasteiger partial charge in [0.15, 0.2) is 6.61 Å². The highest BCUT2D eigenvalue weighted by Gasteiger charge is 2.14. The van der Waals surface area contributed by atoms with Gasteiger partial charge in [0, 0.05) is 42.2 Å². The minimum absolute atomic E-state index is 0.147. The molecule has 1 aromatic heterocycles. The summed E-state index contributed by atoms with van der Waals surface area (Å²) in [5.74, 6) is 1.55. The summed E-state index contributed by atoms with van der Waals surface area (Å²) in [7, 11) is 3.03. The average Bonchev–Trinajstić information content (AvgIpc) is 2.96. The van der Waals surface area contributed by atoms with Crippen molar-refractivity contribution in [2.45, 2.75) is 0 Å². The summed E-state index contributed by atoms with van der Waals surface area (Å²) >= 11 is 0. The third kappa shape index (κ3) is 5.55. The minimum Gasteiger partial charge on any atom is -0.497 e. The zero-order valence-electron chi connectivity index (χ0n) is 21.2. The zero-order valence-corrected chi connectivity index (χ0v) is 21.2. The maximum absolute atomic E-state index is 12.8. The van der Waals surface area contributed by atoms with Crippen LogP contribution in [0.5, 0.6) is 17.2 Å². The van der Waals surface area contributed by atoms with Gasteiger partial charge in [-0.1, -0.05) is 6.07 Å².